The Labute approximate surface area is 118 Å². The highest BCUT2D eigenvalue weighted by atomic mass is 16.2. The van der Waals surface area contributed by atoms with E-state index in [4.69, 9.17) is 5.73 Å². The van der Waals surface area contributed by atoms with Crippen molar-refractivity contribution in [1.29, 1.82) is 0 Å². The maximum absolute atomic E-state index is 12.6. The number of aryl methyl sites for hydroxylation is 1. The number of nitrogen functional groups attached to an aromatic ring is 1. The molecule has 0 saturated heterocycles. The molecular weight excluding hydrogens is 250 g/mol. The average Bonchev–Trinajstić information content (AvgIpc) is 2.47. The quantitative estimate of drug-likeness (QED) is 0.806. The molecular formula is C16H17N3O. The van der Waals surface area contributed by atoms with Gasteiger partial charge in [0.15, 0.2) is 0 Å². The monoisotopic (exact) mass is 267 g/mol. The molecule has 0 fully saturated rings. The van der Waals surface area contributed by atoms with Crippen LogP contribution in [-0.2, 0) is 13.0 Å². The highest BCUT2D eigenvalue weighted by Gasteiger charge is 2.23. The first kappa shape index (κ1) is 12.7. The van der Waals surface area contributed by atoms with Crippen LogP contribution < -0.4 is 5.73 Å². The summed E-state index contributed by atoms with van der Waals surface area (Å²) in [6.07, 6.45) is 2.52. The van der Waals surface area contributed by atoms with Crippen molar-refractivity contribution in [2.75, 3.05) is 12.3 Å². The molecule has 3 rings (SSSR count). The van der Waals surface area contributed by atoms with Crippen LogP contribution in [-0.4, -0.2) is 22.3 Å². The van der Waals surface area contributed by atoms with E-state index >= 15 is 0 Å². The molecule has 0 atom stereocenters. The number of fused-ring (bicyclic) bond motifs is 1. The van der Waals surface area contributed by atoms with E-state index in [0.717, 1.165) is 23.4 Å². The molecule has 1 aliphatic heterocycles. The standard InChI is InChI=1S/C16H17N3O/c1-11-13(5-3-8-18-11)16(20)19-9-7-14-12(10-19)4-2-6-15(14)17/h2-6,8H,7,9-10,17H2,1H3. The average molecular weight is 267 g/mol. The molecule has 2 aromatic rings. The van der Waals surface area contributed by atoms with Crippen molar-refractivity contribution < 1.29 is 4.79 Å². The van der Waals surface area contributed by atoms with Gasteiger partial charge < -0.3 is 10.6 Å². The molecule has 102 valence electrons. The van der Waals surface area contributed by atoms with Crippen molar-refractivity contribution in [2.45, 2.75) is 19.9 Å². The zero-order valence-corrected chi connectivity index (χ0v) is 11.5. The number of carbonyl (C=O) groups excluding carboxylic acids is 1. The minimum absolute atomic E-state index is 0.0451. The van der Waals surface area contributed by atoms with Crippen LogP contribution in [0, 0.1) is 6.92 Å². The van der Waals surface area contributed by atoms with Gasteiger partial charge in [0, 0.05) is 30.7 Å². The number of benzene rings is 1. The molecule has 2 heterocycles. The molecule has 1 aromatic heterocycles. The van der Waals surface area contributed by atoms with E-state index in [9.17, 15) is 4.79 Å². The third-order valence-corrected chi connectivity index (χ3v) is 3.83. The summed E-state index contributed by atoms with van der Waals surface area (Å²) in [7, 11) is 0. The minimum atomic E-state index is 0.0451. The first-order valence-corrected chi connectivity index (χ1v) is 6.74. The Kier molecular flexibility index (Phi) is 3.14. The lowest BCUT2D eigenvalue weighted by molar-refractivity contribution is 0.0733. The third-order valence-electron chi connectivity index (χ3n) is 3.83. The summed E-state index contributed by atoms with van der Waals surface area (Å²) in [6, 6.07) is 9.54. The molecule has 1 amide bonds. The lowest BCUT2D eigenvalue weighted by Crippen LogP contribution is -2.36. The number of pyridine rings is 1. The summed E-state index contributed by atoms with van der Waals surface area (Å²) in [4.78, 5) is 18.6. The highest BCUT2D eigenvalue weighted by molar-refractivity contribution is 5.95. The lowest BCUT2D eigenvalue weighted by atomic mass is 9.97. The Morgan fingerprint density at radius 3 is 2.95 bits per heavy atom. The van der Waals surface area contributed by atoms with E-state index in [-0.39, 0.29) is 5.91 Å². The van der Waals surface area contributed by atoms with Crippen molar-refractivity contribution in [3.8, 4) is 0 Å². The van der Waals surface area contributed by atoms with Crippen molar-refractivity contribution in [2.24, 2.45) is 0 Å². The second-order valence-corrected chi connectivity index (χ2v) is 5.10. The molecule has 0 spiro atoms. The number of rotatable bonds is 1. The molecule has 4 nitrogen and oxygen atoms in total. The van der Waals surface area contributed by atoms with Crippen molar-refractivity contribution >= 4 is 11.6 Å². The lowest BCUT2D eigenvalue weighted by Gasteiger charge is -2.30. The fraction of sp³-hybridized carbons (Fsp3) is 0.250. The van der Waals surface area contributed by atoms with Gasteiger partial charge in [0.05, 0.1) is 5.56 Å². The number of anilines is 1. The molecule has 1 aromatic carbocycles. The van der Waals surface area contributed by atoms with Crippen LogP contribution in [0.2, 0.25) is 0 Å². The Morgan fingerprint density at radius 2 is 2.15 bits per heavy atom. The largest absolute Gasteiger partial charge is 0.398 e. The maximum Gasteiger partial charge on any atom is 0.256 e. The van der Waals surface area contributed by atoms with Crippen LogP contribution >= 0.6 is 0 Å². The summed E-state index contributed by atoms with van der Waals surface area (Å²) in [5.41, 5.74) is 10.6. The Bertz CT molecular complexity index is 667. The number of nitrogens with two attached hydrogens (primary N) is 1. The molecule has 0 saturated carbocycles. The molecule has 0 bridgehead atoms. The first-order valence-electron chi connectivity index (χ1n) is 6.74. The number of carbonyl (C=O) groups is 1. The summed E-state index contributed by atoms with van der Waals surface area (Å²) in [5, 5.41) is 0. The molecule has 0 radical (unpaired) electrons. The smallest absolute Gasteiger partial charge is 0.256 e. The normalized spacial score (nSPS) is 13.9. The van der Waals surface area contributed by atoms with Crippen LogP contribution in [0.3, 0.4) is 0 Å². The summed E-state index contributed by atoms with van der Waals surface area (Å²) in [6.45, 7) is 3.19. The first-order chi connectivity index (χ1) is 9.66. The van der Waals surface area contributed by atoms with Crippen LogP contribution in [0.5, 0.6) is 0 Å². The highest BCUT2D eigenvalue weighted by Crippen LogP contribution is 2.25. The van der Waals surface area contributed by atoms with E-state index in [1.807, 2.05) is 36.1 Å². The maximum atomic E-state index is 12.6. The molecule has 0 aliphatic carbocycles. The third kappa shape index (κ3) is 2.13. The second kappa shape index (κ2) is 4.96. The van der Waals surface area contributed by atoms with E-state index in [1.165, 1.54) is 5.56 Å². The van der Waals surface area contributed by atoms with Crippen molar-refractivity contribution in [3.63, 3.8) is 0 Å². The number of nitrogens with zero attached hydrogens (tertiary/aromatic N) is 2. The van der Waals surface area contributed by atoms with Gasteiger partial charge in [-0.2, -0.15) is 0 Å². The van der Waals surface area contributed by atoms with Gasteiger partial charge in [0.25, 0.3) is 5.91 Å². The fourth-order valence-corrected chi connectivity index (χ4v) is 2.69. The predicted molar refractivity (Wildman–Crippen MR) is 78.3 cm³/mol. The minimum Gasteiger partial charge on any atom is -0.398 e. The zero-order valence-electron chi connectivity index (χ0n) is 11.5. The van der Waals surface area contributed by atoms with Crippen LogP contribution in [0.25, 0.3) is 0 Å². The van der Waals surface area contributed by atoms with Crippen molar-refractivity contribution in [3.05, 3.63) is 58.9 Å². The van der Waals surface area contributed by atoms with Gasteiger partial charge >= 0.3 is 0 Å². The second-order valence-electron chi connectivity index (χ2n) is 5.10. The topological polar surface area (TPSA) is 59.2 Å². The van der Waals surface area contributed by atoms with Crippen LogP contribution in [0.4, 0.5) is 5.69 Å². The number of hydrogen-bond donors (Lipinski definition) is 1. The summed E-state index contributed by atoms with van der Waals surface area (Å²) in [5.74, 6) is 0.0451. The molecule has 1 aliphatic rings. The number of amides is 1. The van der Waals surface area contributed by atoms with E-state index in [0.29, 0.717) is 18.7 Å². The Morgan fingerprint density at radius 1 is 1.30 bits per heavy atom. The van der Waals surface area contributed by atoms with Gasteiger partial charge in [-0.05, 0) is 42.7 Å². The van der Waals surface area contributed by atoms with Gasteiger partial charge in [0.1, 0.15) is 0 Å². The SMILES string of the molecule is Cc1ncccc1C(=O)N1CCc2c(N)cccc2C1. The van der Waals surface area contributed by atoms with Crippen LogP contribution in [0.15, 0.2) is 36.5 Å². The fourth-order valence-electron chi connectivity index (χ4n) is 2.69. The molecule has 0 unspecified atom stereocenters. The number of aromatic nitrogens is 1. The summed E-state index contributed by atoms with van der Waals surface area (Å²) >= 11 is 0. The van der Waals surface area contributed by atoms with Gasteiger partial charge in [-0.25, -0.2) is 0 Å². The number of hydrogen-bond acceptors (Lipinski definition) is 3. The van der Waals surface area contributed by atoms with Gasteiger partial charge in [-0.1, -0.05) is 12.1 Å². The predicted octanol–water partition coefficient (Wildman–Crippen LogP) is 2.17. The van der Waals surface area contributed by atoms with E-state index < -0.39 is 0 Å². The van der Waals surface area contributed by atoms with E-state index in [2.05, 4.69) is 4.98 Å². The van der Waals surface area contributed by atoms with Crippen LogP contribution in [0.1, 0.15) is 27.2 Å². The summed E-state index contributed by atoms with van der Waals surface area (Å²) < 4.78 is 0. The van der Waals surface area contributed by atoms with Gasteiger partial charge in [-0.15, -0.1) is 0 Å². The van der Waals surface area contributed by atoms with Gasteiger partial charge in [0.2, 0.25) is 0 Å². The Hall–Kier alpha value is -2.36. The molecule has 20 heavy (non-hydrogen) atoms. The zero-order chi connectivity index (χ0) is 14.1. The van der Waals surface area contributed by atoms with Crippen molar-refractivity contribution in [1.82, 2.24) is 9.88 Å². The molecule has 4 heteroatoms. The van der Waals surface area contributed by atoms with E-state index in [1.54, 1.807) is 12.3 Å². The molecule has 2 N–H and O–H groups in total. The Balaban J connectivity index is 1.88. The van der Waals surface area contributed by atoms with Gasteiger partial charge in [-0.3, -0.25) is 9.78 Å².